The molecule has 0 bridgehead atoms. The number of hydrogen-bond acceptors (Lipinski definition) is 3. The van der Waals surface area contributed by atoms with Crippen molar-refractivity contribution < 1.29 is 9.31 Å². The molecule has 4 heteroatoms. The summed E-state index contributed by atoms with van der Waals surface area (Å²) >= 11 is 0. The van der Waals surface area contributed by atoms with Crippen molar-refractivity contribution in [2.75, 3.05) is 0 Å². The van der Waals surface area contributed by atoms with Crippen LogP contribution < -0.4 is 5.46 Å². The van der Waals surface area contributed by atoms with Crippen molar-refractivity contribution in [1.29, 1.82) is 0 Å². The van der Waals surface area contributed by atoms with Gasteiger partial charge in [-0.05, 0) is 60.6 Å². The summed E-state index contributed by atoms with van der Waals surface area (Å²) in [7, 11) is -0.391. The molecule has 1 aliphatic carbocycles. The van der Waals surface area contributed by atoms with E-state index >= 15 is 0 Å². The Hall–Kier alpha value is -2.95. The summed E-state index contributed by atoms with van der Waals surface area (Å²) in [5.41, 5.74) is 6.25. The molecule has 3 nitrogen and oxygen atoms in total. The summed E-state index contributed by atoms with van der Waals surface area (Å²) in [6, 6.07) is 21.8. The van der Waals surface area contributed by atoms with Gasteiger partial charge in [-0.1, -0.05) is 85.8 Å². The molecule has 0 N–H and O–H groups in total. The first-order valence-corrected chi connectivity index (χ1v) is 12.2. The molecule has 0 aromatic heterocycles. The highest BCUT2D eigenvalue weighted by molar-refractivity contribution is 6.62. The Bertz CT molecular complexity index is 1380. The highest BCUT2D eigenvalue weighted by Gasteiger charge is 2.51. The van der Waals surface area contributed by atoms with E-state index in [-0.39, 0.29) is 17.2 Å². The van der Waals surface area contributed by atoms with Crippen LogP contribution in [0.1, 0.15) is 51.3 Å². The molecule has 170 valence electrons. The molecule has 3 aromatic carbocycles. The van der Waals surface area contributed by atoms with Crippen LogP contribution in [0.2, 0.25) is 0 Å². The normalized spacial score (nSPS) is 24.4. The van der Waals surface area contributed by atoms with Crippen molar-refractivity contribution in [3.8, 4) is 0 Å². The standard InChI is InChI=1S/C30H30BNO2/c1-19-10-8-15-24-26-23-14-7-6-11-20(23)16-17-25(26)28(32-27(19)24)21-12-9-13-22(18-21)31-33-29(2,3)30(4,5)34-31/h6-19,27H,1-5H3. The van der Waals surface area contributed by atoms with Crippen LogP contribution in [-0.2, 0) is 9.31 Å². The van der Waals surface area contributed by atoms with E-state index < -0.39 is 7.12 Å². The van der Waals surface area contributed by atoms with Crippen molar-refractivity contribution in [3.05, 3.63) is 95.6 Å². The van der Waals surface area contributed by atoms with Crippen LogP contribution >= 0.6 is 0 Å². The van der Waals surface area contributed by atoms with Gasteiger partial charge in [0.1, 0.15) is 0 Å². The second kappa shape index (κ2) is 7.53. The third-order valence-electron chi connectivity index (χ3n) is 7.93. The molecule has 2 unspecified atom stereocenters. The zero-order chi connectivity index (χ0) is 23.7. The van der Waals surface area contributed by atoms with E-state index in [4.69, 9.17) is 14.3 Å². The maximum absolute atomic E-state index is 6.34. The first kappa shape index (κ1) is 21.6. The molecule has 6 rings (SSSR count). The summed E-state index contributed by atoms with van der Waals surface area (Å²) < 4.78 is 12.7. The lowest BCUT2D eigenvalue weighted by Gasteiger charge is -2.32. The Kier molecular flexibility index (Phi) is 4.78. The summed E-state index contributed by atoms with van der Waals surface area (Å²) in [5, 5.41) is 2.54. The fourth-order valence-corrected chi connectivity index (χ4v) is 5.27. The van der Waals surface area contributed by atoms with Gasteiger partial charge in [0, 0.05) is 11.5 Å². The highest BCUT2D eigenvalue weighted by atomic mass is 16.7. The van der Waals surface area contributed by atoms with E-state index in [0.717, 1.165) is 16.7 Å². The maximum Gasteiger partial charge on any atom is 0.494 e. The Labute approximate surface area is 202 Å². The van der Waals surface area contributed by atoms with Gasteiger partial charge in [-0.2, -0.15) is 0 Å². The van der Waals surface area contributed by atoms with Crippen LogP contribution in [0.25, 0.3) is 16.3 Å². The predicted molar refractivity (Wildman–Crippen MR) is 142 cm³/mol. The second-order valence-corrected chi connectivity index (χ2v) is 10.7. The largest absolute Gasteiger partial charge is 0.494 e. The molecule has 1 saturated heterocycles. The number of allylic oxidation sites excluding steroid dienone is 2. The minimum Gasteiger partial charge on any atom is -0.399 e. The van der Waals surface area contributed by atoms with Crippen LogP contribution in [-0.4, -0.2) is 30.1 Å². The molecule has 2 atom stereocenters. The SMILES string of the molecule is CC1C=CC=C2c3c(ccc4ccccc34)C(c3cccc(B4OC(C)(C)C(C)(C)O4)c3)=NC21. The van der Waals surface area contributed by atoms with Crippen LogP contribution in [0.3, 0.4) is 0 Å². The highest BCUT2D eigenvalue weighted by Crippen LogP contribution is 2.41. The number of fused-ring (bicyclic) bond motifs is 5. The van der Waals surface area contributed by atoms with Gasteiger partial charge in [0.25, 0.3) is 0 Å². The molecule has 0 amide bonds. The summed E-state index contributed by atoms with van der Waals surface area (Å²) in [6.45, 7) is 10.6. The van der Waals surface area contributed by atoms with Crippen molar-refractivity contribution in [2.24, 2.45) is 10.9 Å². The molecule has 0 spiro atoms. The first-order valence-electron chi connectivity index (χ1n) is 12.2. The lowest BCUT2D eigenvalue weighted by Crippen LogP contribution is -2.41. The van der Waals surface area contributed by atoms with Gasteiger partial charge in [-0.25, -0.2) is 0 Å². The van der Waals surface area contributed by atoms with Gasteiger partial charge in [-0.15, -0.1) is 0 Å². The van der Waals surface area contributed by atoms with Gasteiger partial charge in [0.2, 0.25) is 0 Å². The van der Waals surface area contributed by atoms with Crippen molar-refractivity contribution in [1.82, 2.24) is 0 Å². The molecule has 0 saturated carbocycles. The van der Waals surface area contributed by atoms with Crippen molar-refractivity contribution >= 4 is 34.6 Å². The number of rotatable bonds is 2. The van der Waals surface area contributed by atoms with E-state index in [1.54, 1.807) is 0 Å². The number of hydrogen-bond donors (Lipinski definition) is 0. The van der Waals surface area contributed by atoms with Gasteiger partial charge >= 0.3 is 7.12 Å². The fourth-order valence-electron chi connectivity index (χ4n) is 5.27. The average molecular weight is 447 g/mol. The zero-order valence-corrected chi connectivity index (χ0v) is 20.5. The van der Waals surface area contributed by atoms with Crippen LogP contribution in [0.15, 0.2) is 83.9 Å². The maximum atomic E-state index is 6.34. The molecule has 0 radical (unpaired) electrons. The van der Waals surface area contributed by atoms with Crippen LogP contribution in [0.5, 0.6) is 0 Å². The van der Waals surface area contributed by atoms with Crippen molar-refractivity contribution in [3.63, 3.8) is 0 Å². The molecular formula is C30H30BNO2. The average Bonchev–Trinajstić information content (AvgIpc) is 3.05. The molecular weight excluding hydrogens is 417 g/mol. The smallest absolute Gasteiger partial charge is 0.399 e. The quantitative estimate of drug-likeness (QED) is 0.455. The molecule has 34 heavy (non-hydrogen) atoms. The van der Waals surface area contributed by atoms with E-state index in [0.29, 0.717) is 5.92 Å². The number of aliphatic imine (C=N–C) groups is 1. The summed E-state index contributed by atoms with van der Waals surface area (Å²) in [4.78, 5) is 5.34. The first-order chi connectivity index (χ1) is 16.2. The van der Waals surface area contributed by atoms with E-state index in [1.165, 1.54) is 27.5 Å². The summed E-state index contributed by atoms with van der Waals surface area (Å²) in [5.74, 6) is 0.341. The lowest BCUT2D eigenvalue weighted by atomic mass is 9.75. The number of benzene rings is 3. The molecule has 3 aromatic rings. The third-order valence-corrected chi connectivity index (χ3v) is 7.93. The number of nitrogens with zero attached hydrogens (tertiary/aromatic N) is 1. The van der Waals surface area contributed by atoms with Crippen LogP contribution in [0, 0.1) is 5.92 Å². The second-order valence-electron chi connectivity index (χ2n) is 10.7. The Morgan fingerprint density at radius 1 is 0.882 bits per heavy atom. The minimum absolute atomic E-state index is 0.110. The Morgan fingerprint density at radius 2 is 1.65 bits per heavy atom. The third kappa shape index (κ3) is 3.24. The Balaban J connectivity index is 1.50. The van der Waals surface area contributed by atoms with E-state index in [9.17, 15) is 0 Å². The van der Waals surface area contributed by atoms with Gasteiger partial charge in [0.05, 0.1) is 23.0 Å². The fraction of sp³-hybridized carbons (Fsp3) is 0.300. The molecule has 1 fully saturated rings. The zero-order valence-electron chi connectivity index (χ0n) is 20.5. The molecule has 3 aliphatic rings. The lowest BCUT2D eigenvalue weighted by molar-refractivity contribution is 0.00578. The molecule has 2 aliphatic heterocycles. The Morgan fingerprint density at radius 3 is 2.44 bits per heavy atom. The van der Waals surface area contributed by atoms with Gasteiger partial charge in [0.15, 0.2) is 0 Å². The minimum atomic E-state index is -0.391. The van der Waals surface area contributed by atoms with Crippen molar-refractivity contribution in [2.45, 2.75) is 51.9 Å². The van der Waals surface area contributed by atoms with E-state index in [1.807, 2.05) is 0 Å². The van der Waals surface area contributed by atoms with Gasteiger partial charge < -0.3 is 9.31 Å². The van der Waals surface area contributed by atoms with Gasteiger partial charge in [-0.3, -0.25) is 4.99 Å². The topological polar surface area (TPSA) is 30.8 Å². The monoisotopic (exact) mass is 447 g/mol. The summed E-state index contributed by atoms with van der Waals surface area (Å²) in [6.07, 6.45) is 6.69. The predicted octanol–water partition coefficient (Wildman–Crippen LogP) is 5.95. The molecule has 2 heterocycles. The van der Waals surface area contributed by atoms with E-state index in [2.05, 4.69) is 114 Å². The van der Waals surface area contributed by atoms with Crippen LogP contribution in [0.4, 0.5) is 0 Å².